The van der Waals surface area contributed by atoms with Crippen LogP contribution in [0.5, 0.6) is 0 Å². The molecule has 0 unspecified atom stereocenters. The van der Waals surface area contributed by atoms with E-state index in [1.807, 2.05) is 0 Å². The molecule has 0 aliphatic heterocycles. The molecule has 15 heavy (non-hydrogen) atoms. The fourth-order valence-corrected chi connectivity index (χ4v) is 1.95. The van der Waals surface area contributed by atoms with Crippen molar-refractivity contribution in [3.05, 3.63) is 0 Å². The quantitative estimate of drug-likeness (QED) is 0.351. The summed E-state index contributed by atoms with van der Waals surface area (Å²) in [5.41, 5.74) is 0. The van der Waals surface area contributed by atoms with E-state index in [1.54, 1.807) is 0 Å². The summed E-state index contributed by atoms with van der Waals surface area (Å²) < 4.78 is 0. The summed E-state index contributed by atoms with van der Waals surface area (Å²) in [4.78, 5) is 11.3. The molecule has 88 valence electrons. The van der Waals surface area contributed by atoms with Crippen LogP contribution in [0.15, 0.2) is 0 Å². The molecule has 0 radical (unpaired) electrons. The highest BCUT2D eigenvalue weighted by Crippen LogP contribution is 2.30. The van der Waals surface area contributed by atoms with Crippen molar-refractivity contribution in [1.82, 2.24) is 5.32 Å². The Morgan fingerprint density at radius 3 is 2.33 bits per heavy atom. The zero-order valence-corrected chi connectivity index (χ0v) is 8.50. The number of rotatable bonds is 2. The Bertz CT molecular complexity index is 233. The van der Waals surface area contributed by atoms with Crippen molar-refractivity contribution in [3.63, 3.8) is 0 Å². The zero-order valence-electron chi connectivity index (χ0n) is 8.50. The minimum Gasteiger partial charge on any atom is -0.396 e. The maximum Gasteiger partial charge on any atom is 0.225 e. The highest BCUT2D eigenvalue weighted by Gasteiger charge is 2.44. The number of aliphatic hydroxyl groups excluding tert-OH is 4. The van der Waals surface area contributed by atoms with E-state index in [-0.39, 0.29) is 13.0 Å². The smallest absolute Gasteiger partial charge is 0.225 e. The number of carbonyl (C=O) groups is 1. The van der Waals surface area contributed by atoms with Crippen LogP contribution in [0.3, 0.4) is 0 Å². The molecule has 5 N–H and O–H groups in total. The van der Waals surface area contributed by atoms with Gasteiger partial charge in [-0.2, -0.15) is 0 Å². The molecule has 0 aromatic rings. The Hall–Kier alpha value is -0.690. The lowest BCUT2D eigenvalue weighted by atomic mass is 9.75. The van der Waals surface area contributed by atoms with E-state index in [0.717, 1.165) is 0 Å². The van der Waals surface area contributed by atoms with E-state index in [4.69, 9.17) is 5.11 Å². The van der Waals surface area contributed by atoms with Crippen LogP contribution in [0.4, 0.5) is 0 Å². The minimum atomic E-state index is -1.39. The first-order valence-electron chi connectivity index (χ1n) is 4.89. The maximum atomic E-state index is 11.3. The highest BCUT2D eigenvalue weighted by atomic mass is 16.4. The third kappa shape index (κ3) is 2.28. The molecule has 5 atom stereocenters. The van der Waals surface area contributed by atoms with Crippen molar-refractivity contribution < 1.29 is 25.2 Å². The average molecular weight is 219 g/mol. The molecule has 0 heterocycles. The van der Waals surface area contributed by atoms with E-state index in [2.05, 4.69) is 5.32 Å². The Labute approximate surface area is 87.5 Å². The molecule has 1 saturated carbocycles. The molecule has 0 bridgehead atoms. The first kappa shape index (κ1) is 12.4. The van der Waals surface area contributed by atoms with Gasteiger partial charge in [-0.1, -0.05) is 0 Å². The monoisotopic (exact) mass is 219 g/mol. The first-order valence-corrected chi connectivity index (χ1v) is 4.89. The molecule has 0 aromatic heterocycles. The van der Waals surface area contributed by atoms with Gasteiger partial charge in [0.25, 0.3) is 0 Å². The van der Waals surface area contributed by atoms with Gasteiger partial charge in [-0.3, -0.25) is 4.79 Å². The second kappa shape index (κ2) is 4.89. The summed E-state index contributed by atoms with van der Waals surface area (Å²) in [5, 5.41) is 39.8. The van der Waals surface area contributed by atoms with Gasteiger partial charge in [0.15, 0.2) is 0 Å². The van der Waals surface area contributed by atoms with E-state index in [9.17, 15) is 20.1 Å². The van der Waals surface area contributed by atoms with Crippen molar-refractivity contribution in [2.75, 3.05) is 13.7 Å². The third-order valence-electron chi connectivity index (χ3n) is 2.97. The Morgan fingerprint density at radius 2 is 1.87 bits per heavy atom. The lowest BCUT2D eigenvalue weighted by Gasteiger charge is -2.38. The van der Waals surface area contributed by atoms with E-state index in [1.165, 1.54) is 7.05 Å². The summed E-state index contributed by atoms with van der Waals surface area (Å²) in [5.74, 6) is -1.76. The van der Waals surface area contributed by atoms with Gasteiger partial charge in [0.2, 0.25) is 5.91 Å². The fourth-order valence-electron chi connectivity index (χ4n) is 1.95. The molecular formula is C9H17NO5. The average Bonchev–Trinajstić information content (AvgIpc) is 2.25. The number of nitrogens with one attached hydrogen (secondary N) is 1. The van der Waals surface area contributed by atoms with Crippen LogP contribution in [-0.4, -0.2) is 58.3 Å². The summed E-state index contributed by atoms with van der Waals surface area (Å²) in [6, 6.07) is 0. The molecule has 0 saturated heterocycles. The number of amides is 1. The van der Waals surface area contributed by atoms with Gasteiger partial charge in [-0.25, -0.2) is 0 Å². The Balaban J connectivity index is 2.78. The van der Waals surface area contributed by atoms with Gasteiger partial charge in [0, 0.05) is 19.6 Å². The van der Waals surface area contributed by atoms with Crippen LogP contribution in [0.1, 0.15) is 6.42 Å². The SMILES string of the molecule is CNC(=O)[C@@H]1C[C@H](CO)[C@@H](O)[C@H](O)[C@@H]1O. The largest absolute Gasteiger partial charge is 0.396 e. The molecule has 1 amide bonds. The van der Waals surface area contributed by atoms with Crippen molar-refractivity contribution in [1.29, 1.82) is 0 Å². The van der Waals surface area contributed by atoms with Crippen molar-refractivity contribution in [3.8, 4) is 0 Å². The molecule has 0 aromatic carbocycles. The van der Waals surface area contributed by atoms with Gasteiger partial charge in [-0.05, 0) is 6.42 Å². The summed E-state index contributed by atoms with van der Waals surface area (Å²) in [7, 11) is 1.43. The topological polar surface area (TPSA) is 110 Å². The molecular weight excluding hydrogens is 202 g/mol. The minimum absolute atomic E-state index is 0.162. The first-order chi connectivity index (χ1) is 7.02. The lowest BCUT2D eigenvalue weighted by Crippen LogP contribution is -2.55. The molecule has 1 aliphatic carbocycles. The van der Waals surface area contributed by atoms with E-state index in [0.29, 0.717) is 0 Å². The molecule has 1 fully saturated rings. The van der Waals surface area contributed by atoms with Gasteiger partial charge >= 0.3 is 0 Å². The van der Waals surface area contributed by atoms with E-state index < -0.39 is 36.1 Å². The highest BCUT2D eigenvalue weighted by molar-refractivity contribution is 5.79. The lowest BCUT2D eigenvalue weighted by molar-refractivity contribution is -0.158. The summed E-state index contributed by atoms with van der Waals surface area (Å²) in [6.07, 6.45) is -3.71. The number of aliphatic hydroxyl groups is 4. The third-order valence-corrected chi connectivity index (χ3v) is 2.97. The molecule has 1 rings (SSSR count). The zero-order chi connectivity index (χ0) is 11.6. The number of hydrogen-bond donors (Lipinski definition) is 5. The van der Waals surface area contributed by atoms with Crippen molar-refractivity contribution >= 4 is 5.91 Å². The van der Waals surface area contributed by atoms with Crippen molar-refractivity contribution in [2.24, 2.45) is 11.8 Å². The van der Waals surface area contributed by atoms with Gasteiger partial charge in [0.05, 0.1) is 18.1 Å². The Kier molecular flexibility index (Phi) is 4.04. The predicted octanol–water partition coefficient (Wildman–Crippen LogP) is -2.56. The fraction of sp³-hybridized carbons (Fsp3) is 0.889. The van der Waals surface area contributed by atoms with Crippen molar-refractivity contribution in [2.45, 2.75) is 24.7 Å². The van der Waals surface area contributed by atoms with Gasteiger partial charge in [0.1, 0.15) is 6.10 Å². The van der Waals surface area contributed by atoms with E-state index >= 15 is 0 Å². The van der Waals surface area contributed by atoms with Crippen LogP contribution in [0.25, 0.3) is 0 Å². The summed E-state index contributed by atoms with van der Waals surface area (Å²) in [6.45, 7) is -0.321. The second-order valence-corrected chi connectivity index (χ2v) is 3.87. The summed E-state index contributed by atoms with van der Waals surface area (Å²) >= 11 is 0. The standard InChI is InChI=1S/C9H17NO5/c1-10-9(15)5-2-4(3-11)6(12)8(14)7(5)13/h4-8,11-14H,2-3H2,1H3,(H,10,15)/t4-,5-,6-,7-,8+/m1/s1. The Morgan fingerprint density at radius 1 is 1.27 bits per heavy atom. The molecule has 0 spiro atoms. The van der Waals surface area contributed by atoms with Crippen LogP contribution in [0, 0.1) is 11.8 Å². The predicted molar refractivity (Wildman–Crippen MR) is 50.8 cm³/mol. The molecule has 6 heteroatoms. The van der Waals surface area contributed by atoms with Crippen LogP contribution in [0.2, 0.25) is 0 Å². The normalized spacial score (nSPS) is 41.3. The second-order valence-electron chi connectivity index (χ2n) is 3.87. The van der Waals surface area contributed by atoms with Crippen LogP contribution >= 0.6 is 0 Å². The number of carbonyl (C=O) groups excluding carboxylic acids is 1. The van der Waals surface area contributed by atoms with Gasteiger partial charge in [-0.15, -0.1) is 0 Å². The van der Waals surface area contributed by atoms with Gasteiger partial charge < -0.3 is 25.7 Å². The van der Waals surface area contributed by atoms with Crippen LogP contribution < -0.4 is 5.32 Å². The maximum absolute atomic E-state index is 11.3. The number of hydrogen-bond acceptors (Lipinski definition) is 5. The molecule has 1 aliphatic rings. The molecule has 6 nitrogen and oxygen atoms in total. The van der Waals surface area contributed by atoms with Crippen LogP contribution in [-0.2, 0) is 4.79 Å².